The van der Waals surface area contributed by atoms with Crippen LogP contribution in [-0.4, -0.2) is 19.5 Å². The molecule has 0 unspecified atom stereocenters. The molecular formula is C11H12O4S. The number of aromatic carboxylic acids is 1. The van der Waals surface area contributed by atoms with E-state index in [1.54, 1.807) is 13.8 Å². The van der Waals surface area contributed by atoms with Gasteiger partial charge in [-0.05, 0) is 48.7 Å². The van der Waals surface area contributed by atoms with Crippen LogP contribution < -0.4 is 0 Å². The maximum absolute atomic E-state index is 10.8. The summed E-state index contributed by atoms with van der Waals surface area (Å²) >= 11 is 0. The maximum atomic E-state index is 10.8. The first-order chi connectivity index (χ1) is 7.41. The molecule has 0 atom stereocenters. The predicted octanol–water partition coefficient (Wildman–Crippen LogP) is 1.58. The van der Waals surface area contributed by atoms with Crippen molar-refractivity contribution in [3.05, 3.63) is 39.8 Å². The number of rotatable bonds is 3. The van der Waals surface area contributed by atoms with Crippen molar-refractivity contribution < 1.29 is 18.3 Å². The van der Waals surface area contributed by atoms with Gasteiger partial charge in [-0.1, -0.05) is 0 Å². The van der Waals surface area contributed by atoms with Crippen molar-refractivity contribution in [3.8, 4) is 0 Å². The molecule has 1 rings (SSSR count). The van der Waals surface area contributed by atoms with E-state index in [2.05, 4.69) is 0 Å². The second-order valence-electron chi connectivity index (χ2n) is 3.43. The molecule has 0 bridgehead atoms. The Balaban J connectivity index is 3.28. The predicted molar refractivity (Wildman–Crippen MR) is 62.2 cm³/mol. The van der Waals surface area contributed by atoms with E-state index < -0.39 is 16.7 Å². The van der Waals surface area contributed by atoms with Crippen molar-refractivity contribution >= 4 is 22.7 Å². The van der Waals surface area contributed by atoms with Gasteiger partial charge in [0, 0.05) is 5.41 Å². The van der Waals surface area contributed by atoms with Gasteiger partial charge in [0.25, 0.3) is 0 Å². The van der Waals surface area contributed by atoms with Gasteiger partial charge in [-0.2, -0.15) is 0 Å². The molecule has 0 spiro atoms. The standard InChI is InChI=1S/C11H12O4S/c1-7-5-9(11(12)13)6-8(2)10(7)3-4-16(14)15/h3-6,16H,1-2H3,(H,12,13)/b4-3+. The quantitative estimate of drug-likeness (QED) is 0.787. The summed E-state index contributed by atoms with van der Waals surface area (Å²) in [6.07, 6.45) is 1.47. The highest BCUT2D eigenvalue weighted by Crippen LogP contribution is 2.18. The van der Waals surface area contributed by atoms with Crippen LogP contribution in [0.1, 0.15) is 27.0 Å². The van der Waals surface area contributed by atoms with E-state index in [-0.39, 0.29) is 5.56 Å². The first-order valence-corrected chi connectivity index (χ1v) is 5.82. The molecule has 0 aromatic heterocycles. The van der Waals surface area contributed by atoms with Gasteiger partial charge in [0.05, 0.1) is 5.56 Å². The number of carbonyl (C=O) groups is 1. The van der Waals surface area contributed by atoms with Gasteiger partial charge in [0.1, 0.15) is 0 Å². The van der Waals surface area contributed by atoms with Gasteiger partial charge in [-0.3, -0.25) is 0 Å². The summed E-state index contributed by atoms with van der Waals surface area (Å²) in [6, 6.07) is 3.04. The Hall–Kier alpha value is -1.62. The third-order valence-electron chi connectivity index (χ3n) is 2.20. The molecule has 1 aromatic rings. The molecule has 0 aliphatic heterocycles. The lowest BCUT2D eigenvalue weighted by molar-refractivity contribution is 0.0696. The number of hydrogen-bond donors (Lipinski definition) is 2. The Bertz CT molecular complexity index is 496. The van der Waals surface area contributed by atoms with E-state index in [0.717, 1.165) is 22.1 Å². The minimum atomic E-state index is -2.57. The molecule has 5 heteroatoms. The van der Waals surface area contributed by atoms with Gasteiger partial charge >= 0.3 is 5.97 Å². The van der Waals surface area contributed by atoms with Crippen molar-refractivity contribution in [1.29, 1.82) is 0 Å². The van der Waals surface area contributed by atoms with Crippen LogP contribution in [0, 0.1) is 13.8 Å². The molecular weight excluding hydrogens is 228 g/mol. The summed E-state index contributed by atoms with van der Waals surface area (Å²) in [5, 5.41) is 9.90. The van der Waals surface area contributed by atoms with Crippen LogP contribution in [-0.2, 0) is 10.7 Å². The van der Waals surface area contributed by atoms with E-state index in [0.29, 0.717) is 0 Å². The third kappa shape index (κ3) is 2.93. The number of carboxylic acids is 1. The zero-order valence-corrected chi connectivity index (χ0v) is 9.82. The lowest BCUT2D eigenvalue weighted by Gasteiger charge is -2.06. The van der Waals surface area contributed by atoms with Crippen LogP contribution in [0.3, 0.4) is 0 Å². The maximum Gasteiger partial charge on any atom is 0.335 e. The molecule has 0 heterocycles. The fourth-order valence-corrected chi connectivity index (χ4v) is 1.77. The topological polar surface area (TPSA) is 71.4 Å². The molecule has 4 nitrogen and oxygen atoms in total. The highest BCUT2D eigenvalue weighted by atomic mass is 32.2. The zero-order valence-electron chi connectivity index (χ0n) is 8.93. The largest absolute Gasteiger partial charge is 0.478 e. The van der Waals surface area contributed by atoms with Crippen molar-refractivity contribution in [2.24, 2.45) is 0 Å². The average Bonchev–Trinajstić information content (AvgIpc) is 2.15. The molecule has 0 saturated heterocycles. The average molecular weight is 240 g/mol. The van der Waals surface area contributed by atoms with Crippen molar-refractivity contribution in [2.45, 2.75) is 13.8 Å². The van der Waals surface area contributed by atoms with Crippen LogP contribution in [0.25, 0.3) is 6.08 Å². The Morgan fingerprint density at radius 2 is 1.75 bits per heavy atom. The van der Waals surface area contributed by atoms with Gasteiger partial charge in [-0.25, -0.2) is 13.2 Å². The lowest BCUT2D eigenvalue weighted by atomic mass is 9.99. The molecule has 86 valence electrons. The van der Waals surface area contributed by atoms with E-state index >= 15 is 0 Å². The number of carboxylic acid groups (broad SMARTS) is 1. The van der Waals surface area contributed by atoms with Crippen LogP contribution in [0.2, 0.25) is 0 Å². The van der Waals surface area contributed by atoms with Crippen LogP contribution in [0.4, 0.5) is 0 Å². The molecule has 0 aliphatic carbocycles. The minimum absolute atomic E-state index is 0.207. The highest BCUT2D eigenvalue weighted by Gasteiger charge is 2.07. The molecule has 1 aromatic carbocycles. The molecule has 0 aliphatic rings. The Labute approximate surface area is 95.2 Å². The Morgan fingerprint density at radius 1 is 1.25 bits per heavy atom. The number of thiol groups is 1. The highest BCUT2D eigenvalue weighted by molar-refractivity contribution is 7.75. The minimum Gasteiger partial charge on any atom is -0.478 e. The summed E-state index contributed by atoms with van der Waals surface area (Å²) in [4.78, 5) is 10.8. The second-order valence-corrected chi connectivity index (χ2v) is 4.30. The molecule has 0 fully saturated rings. The Kier molecular flexibility index (Phi) is 3.84. The van der Waals surface area contributed by atoms with E-state index in [1.807, 2.05) is 0 Å². The molecule has 1 N–H and O–H groups in total. The summed E-state index contributed by atoms with van der Waals surface area (Å²) < 4.78 is 20.9. The second kappa shape index (κ2) is 4.94. The molecule has 0 amide bonds. The number of hydrogen-bond acceptors (Lipinski definition) is 3. The monoisotopic (exact) mass is 240 g/mol. The summed E-state index contributed by atoms with van der Waals surface area (Å²) in [7, 11) is -2.57. The Morgan fingerprint density at radius 3 is 2.12 bits per heavy atom. The molecule has 16 heavy (non-hydrogen) atoms. The fraction of sp³-hybridized carbons (Fsp3) is 0.182. The van der Waals surface area contributed by atoms with Crippen molar-refractivity contribution in [2.75, 3.05) is 0 Å². The summed E-state index contributed by atoms with van der Waals surface area (Å²) in [5.41, 5.74) is 2.43. The first-order valence-electron chi connectivity index (χ1n) is 4.58. The van der Waals surface area contributed by atoms with Gasteiger partial charge in [-0.15, -0.1) is 0 Å². The zero-order chi connectivity index (χ0) is 12.3. The van der Waals surface area contributed by atoms with Crippen LogP contribution in [0.15, 0.2) is 17.5 Å². The van der Waals surface area contributed by atoms with E-state index in [1.165, 1.54) is 18.2 Å². The van der Waals surface area contributed by atoms with Gasteiger partial charge in [0.2, 0.25) is 0 Å². The summed E-state index contributed by atoms with van der Waals surface area (Å²) in [6.45, 7) is 3.49. The van der Waals surface area contributed by atoms with E-state index in [4.69, 9.17) is 5.11 Å². The normalized spacial score (nSPS) is 11.2. The fourth-order valence-electron chi connectivity index (χ4n) is 1.50. The van der Waals surface area contributed by atoms with Crippen LogP contribution in [0.5, 0.6) is 0 Å². The smallest absolute Gasteiger partial charge is 0.335 e. The van der Waals surface area contributed by atoms with Crippen molar-refractivity contribution in [1.82, 2.24) is 0 Å². The van der Waals surface area contributed by atoms with E-state index in [9.17, 15) is 13.2 Å². The first kappa shape index (κ1) is 12.4. The van der Waals surface area contributed by atoms with Crippen molar-refractivity contribution in [3.63, 3.8) is 0 Å². The third-order valence-corrected chi connectivity index (χ3v) is 2.60. The lowest BCUT2D eigenvalue weighted by Crippen LogP contribution is -1.99. The SMILES string of the molecule is Cc1cc(C(=O)O)cc(C)c1/C=C/[SH](=O)=O. The molecule has 0 saturated carbocycles. The number of benzene rings is 1. The number of aryl methyl sites for hydroxylation is 2. The summed E-state index contributed by atoms with van der Waals surface area (Å²) in [5.74, 6) is -0.989. The van der Waals surface area contributed by atoms with Gasteiger partial charge < -0.3 is 5.11 Å². The van der Waals surface area contributed by atoms with Gasteiger partial charge in [0.15, 0.2) is 10.7 Å². The molecule has 0 radical (unpaired) electrons. The van der Waals surface area contributed by atoms with Crippen LogP contribution >= 0.6 is 0 Å².